The standard InChI is InChI=1S/C13H16FNO3/c1-13(7-18-8-13)6-15-11-5-9(12(16)17-2)3-4-10(11)14/h3-5,15H,6-8H2,1-2H3. The van der Waals surface area contributed by atoms with Gasteiger partial charge in [0.1, 0.15) is 5.82 Å². The number of hydrogen-bond acceptors (Lipinski definition) is 4. The molecular weight excluding hydrogens is 237 g/mol. The normalized spacial score (nSPS) is 16.8. The van der Waals surface area contributed by atoms with Gasteiger partial charge in [-0.1, -0.05) is 6.92 Å². The highest BCUT2D eigenvalue weighted by atomic mass is 19.1. The monoisotopic (exact) mass is 253 g/mol. The zero-order valence-electron chi connectivity index (χ0n) is 10.5. The number of esters is 1. The quantitative estimate of drug-likeness (QED) is 0.834. The van der Waals surface area contributed by atoms with Gasteiger partial charge in [0, 0.05) is 12.0 Å². The first-order valence-electron chi connectivity index (χ1n) is 5.74. The zero-order valence-corrected chi connectivity index (χ0v) is 10.5. The molecule has 0 spiro atoms. The Labute approximate surface area is 105 Å². The van der Waals surface area contributed by atoms with E-state index in [0.717, 1.165) is 0 Å². The summed E-state index contributed by atoms with van der Waals surface area (Å²) in [6.07, 6.45) is 0. The Bertz CT molecular complexity index is 458. The maximum Gasteiger partial charge on any atom is 0.337 e. The van der Waals surface area contributed by atoms with Gasteiger partial charge in [0.05, 0.1) is 31.6 Å². The Morgan fingerprint density at radius 1 is 1.56 bits per heavy atom. The van der Waals surface area contributed by atoms with Gasteiger partial charge in [-0.15, -0.1) is 0 Å². The molecule has 1 aromatic carbocycles. The van der Waals surface area contributed by atoms with Crippen LogP contribution in [0.2, 0.25) is 0 Å². The van der Waals surface area contributed by atoms with E-state index in [-0.39, 0.29) is 11.2 Å². The van der Waals surface area contributed by atoms with E-state index in [0.29, 0.717) is 31.0 Å². The fraction of sp³-hybridized carbons (Fsp3) is 0.462. The average Bonchev–Trinajstić information content (AvgIpc) is 2.34. The zero-order chi connectivity index (χ0) is 13.2. The van der Waals surface area contributed by atoms with E-state index in [1.165, 1.54) is 25.3 Å². The Kier molecular flexibility index (Phi) is 3.52. The number of anilines is 1. The van der Waals surface area contributed by atoms with Gasteiger partial charge in [0.25, 0.3) is 0 Å². The van der Waals surface area contributed by atoms with Crippen LogP contribution in [0.4, 0.5) is 10.1 Å². The summed E-state index contributed by atoms with van der Waals surface area (Å²) in [5, 5.41) is 3.01. The Morgan fingerprint density at radius 2 is 2.28 bits per heavy atom. The summed E-state index contributed by atoms with van der Waals surface area (Å²) in [7, 11) is 1.30. The summed E-state index contributed by atoms with van der Waals surface area (Å²) in [5.74, 6) is -0.859. The number of hydrogen-bond donors (Lipinski definition) is 1. The lowest BCUT2D eigenvalue weighted by atomic mass is 9.88. The minimum atomic E-state index is -0.476. The maximum atomic E-state index is 13.6. The molecular formula is C13H16FNO3. The van der Waals surface area contributed by atoms with E-state index in [1.54, 1.807) is 0 Å². The second kappa shape index (κ2) is 4.94. The molecule has 0 aliphatic carbocycles. The topological polar surface area (TPSA) is 47.6 Å². The smallest absolute Gasteiger partial charge is 0.337 e. The molecule has 0 bridgehead atoms. The number of benzene rings is 1. The average molecular weight is 253 g/mol. The van der Waals surface area contributed by atoms with Crippen LogP contribution in [-0.2, 0) is 9.47 Å². The highest BCUT2D eigenvalue weighted by Gasteiger charge is 2.33. The van der Waals surface area contributed by atoms with E-state index in [4.69, 9.17) is 4.74 Å². The minimum Gasteiger partial charge on any atom is -0.465 e. The van der Waals surface area contributed by atoms with Crippen molar-refractivity contribution in [2.24, 2.45) is 5.41 Å². The van der Waals surface area contributed by atoms with Crippen molar-refractivity contribution in [3.05, 3.63) is 29.6 Å². The second-order valence-electron chi connectivity index (χ2n) is 4.84. The predicted octanol–water partition coefficient (Wildman–Crippen LogP) is 2.06. The van der Waals surface area contributed by atoms with E-state index in [2.05, 4.69) is 17.0 Å². The summed E-state index contributed by atoms with van der Waals surface area (Å²) >= 11 is 0. The van der Waals surface area contributed by atoms with Crippen molar-refractivity contribution < 1.29 is 18.7 Å². The first-order chi connectivity index (χ1) is 8.54. The van der Waals surface area contributed by atoms with Crippen molar-refractivity contribution in [3.8, 4) is 0 Å². The fourth-order valence-electron chi connectivity index (χ4n) is 1.77. The highest BCUT2D eigenvalue weighted by molar-refractivity contribution is 5.90. The Morgan fingerprint density at radius 3 is 2.83 bits per heavy atom. The van der Waals surface area contributed by atoms with Gasteiger partial charge in [-0.25, -0.2) is 9.18 Å². The van der Waals surface area contributed by atoms with Gasteiger partial charge in [-0.05, 0) is 18.2 Å². The third-order valence-corrected chi connectivity index (χ3v) is 2.99. The molecule has 1 aromatic rings. The van der Waals surface area contributed by atoms with Gasteiger partial charge < -0.3 is 14.8 Å². The van der Waals surface area contributed by atoms with Crippen molar-refractivity contribution in [3.63, 3.8) is 0 Å². The number of rotatable bonds is 4. The van der Waals surface area contributed by atoms with Crippen LogP contribution in [-0.4, -0.2) is 32.8 Å². The van der Waals surface area contributed by atoms with E-state index in [1.807, 2.05) is 0 Å². The summed E-state index contributed by atoms with van der Waals surface area (Å²) < 4.78 is 23.3. The minimum absolute atomic E-state index is 0.0354. The molecule has 5 heteroatoms. The molecule has 1 heterocycles. The second-order valence-corrected chi connectivity index (χ2v) is 4.84. The SMILES string of the molecule is COC(=O)c1ccc(F)c(NCC2(C)COC2)c1. The van der Waals surface area contributed by atoms with Gasteiger partial charge in [-0.2, -0.15) is 0 Å². The molecule has 1 fully saturated rings. The lowest BCUT2D eigenvalue weighted by Crippen LogP contribution is -2.45. The molecule has 1 aliphatic rings. The summed E-state index contributed by atoms with van der Waals surface area (Å²) in [6.45, 7) is 4.00. The van der Waals surface area contributed by atoms with Crippen LogP contribution in [0.1, 0.15) is 17.3 Å². The van der Waals surface area contributed by atoms with E-state index >= 15 is 0 Å². The Balaban J connectivity index is 2.08. The van der Waals surface area contributed by atoms with Crippen molar-refractivity contribution >= 4 is 11.7 Å². The van der Waals surface area contributed by atoms with Crippen molar-refractivity contribution in [2.45, 2.75) is 6.92 Å². The molecule has 4 nitrogen and oxygen atoms in total. The molecule has 98 valence electrons. The molecule has 2 rings (SSSR count). The largest absolute Gasteiger partial charge is 0.465 e. The number of ether oxygens (including phenoxy) is 2. The number of halogens is 1. The van der Waals surface area contributed by atoms with Crippen LogP contribution >= 0.6 is 0 Å². The number of nitrogens with one attached hydrogen (secondary N) is 1. The van der Waals surface area contributed by atoms with Crippen LogP contribution in [0.5, 0.6) is 0 Å². The van der Waals surface area contributed by atoms with Crippen molar-refractivity contribution in [2.75, 3.05) is 32.2 Å². The summed E-state index contributed by atoms with van der Waals surface area (Å²) in [5.41, 5.74) is 0.677. The summed E-state index contributed by atoms with van der Waals surface area (Å²) in [6, 6.07) is 4.12. The van der Waals surface area contributed by atoms with Crippen LogP contribution in [0.25, 0.3) is 0 Å². The number of carbonyl (C=O) groups is 1. The van der Waals surface area contributed by atoms with Gasteiger partial charge in [0.15, 0.2) is 0 Å². The van der Waals surface area contributed by atoms with Crippen LogP contribution in [0.3, 0.4) is 0 Å². The van der Waals surface area contributed by atoms with Gasteiger partial charge >= 0.3 is 5.97 Å². The molecule has 0 unspecified atom stereocenters. The van der Waals surface area contributed by atoms with Crippen LogP contribution in [0.15, 0.2) is 18.2 Å². The third-order valence-electron chi connectivity index (χ3n) is 2.99. The fourth-order valence-corrected chi connectivity index (χ4v) is 1.77. The molecule has 1 N–H and O–H groups in total. The van der Waals surface area contributed by atoms with Crippen molar-refractivity contribution in [1.82, 2.24) is 0 Å². The molecule has 1 aliphatic heterocycles. The molecule has 1 saturated heterocycles. The molecule has 0 radical (unpaired) electrons. The predicted molar refractivity (Wildman–Crippen MR) is 65.2 cm³/mol. The van der Waals surface area contributed by atoms with Gasteiger partial charge in [0.2, 0.25) is 0 Å². The lowest BCUT2D eigenvalue weighted by Gasteiger charge is -2.38. The maximum absolute atomic E-state index is 13.6. The van der Waals surface area contributed by atoms with Crippen LogP contribution in [0, 0.1) is 11.2 Å². The van der Waals surface area contributed by atoms with E-state index in [9.17, 15) is 9.18 Å². The third kappa shape index (κ3) is 2.61. The summed E-state index contributed by atoms with van der Waals surface area (Å²) in [4.78, 5) is 11.4. The lowest BCUT2D eigenvalue weighted by molar-refractivity contribution is -0.0924. The number of carbonyl (C=O) groups excluding carboxylic acids is 1. The molecule has 0 atom stereocenters. The van der Waals surface area contributed by atoms with Crippen LogP contribution < -0.4 is 5.32 Å². The number of methoxy groups -OCH3 is 1. The van der Waals surface area contributed by atoms with E-state index < -0.39 is 5.97 Å². The highest BCUT2D eigenvalue weighted by Crippen LogP contribution is 2.27. The molecule has 0 amide bonds. The Hall–Kier alpha value is -1.62. The molecule has 18 heavy (non-hydrogen) atoms. The first-order valence-corrected chi connectivity index (χ1v) is 5.74. The molecule has 0 saturated carbocycles. The first kappa shape index (κ1) is 12.8. The van der Waals surface area contributed by atoms with Gasteiger partial charge in [-0.3, -0.25) is 0 Å². The van der Waals surface area contributed by atoms with Crippen molar-refractivity contribution in [1.29, 1.82) is 0 Å². The molecule has 0 aromatic heterocycles.